The number of likely N-dealkylation sites (tertiary alicyclic amines) is 1. The maximum absolute atomic E-state index is 12.1. The highest BCUT2D eigenvalue weighted by Gasteiger charge is 2.48. The molecule has 3 nitrogen and oxygen atoms in total. The van der Waals surface area contributed by atoms with Crippen LogP contribution in [0, 0.1) is 5.92 Å². The number of methoxy groups -OCH3 is 1. The van der Waals surface area contributed by atoms with Crippen molar-refractivity contribution in [1.82, 2.24) is 4.90 Å². The largest absolute Gasteiger partial charge is 0.381 e. The van der Waals surface area contributed by atoms with Gasteiger partial charge in [0.25, 0.3) is 0 Å². The van der Waals surface area contributed by atoms with Gasteiger partial charge in [-0.05, 0) is 12.5 Å². The van der Waals surface area contributed by atoms with Crippen molar-refractivity contribution in [2.75, 3.05) is 7.11 Å². The zero-order valence-corrected chi connectivity index (χ0v) is 10.9. The third-order valence-electron chi connectivity index (χ3n) is 3.61. The maximum Gasteiger partial charge on any atom is 0.231 e. The molecule has 1 aliphatic rings. The van der Waals surface area contributed by atoms with Crippen molar-refractivity contribution in [3.8, 4) is 0 Å². The fourth-order valence-electron chi connectivity index (χ4n) is 2.46. The van der Waals surface area contributed by atoms with Crippen LogP contribution < -0.4 is 0 Å². The molecule has 1 amide bonds. The van der Waals surface area contributed by atoms with Crippen LogP contribution in [-0.2, 0) is 16.1 Å². The van der Waals surface area contributed by atoms with Crippen LogP contribution >= 0.6 is 0 Å². The van der Waals surface area contributed by atoms with Gasteiger partial charge in [0.15, 0.2) is 0 Å². The lowest BCUT2D eigenvalue weighted by Crippen LogP contribution is -2.62. The molecule has 0 radical (unpaired) electrons. The van der Waals surface area contributed by atoms with Crippen LogP contribution in [0.2, 0.25) is 0 Å². The van der Waals surface area contributed by atoms with Gasteiger partial charge in [-0.1, -0.05) is 36.4 Å². The summed E-state index contributed by atoms with van der Waals surface area (Å²) in [6, 6.07) is 10.1. The number of carbonyl (C=O) groups is 1. The Morgan fingerprint density at radius 3 is 2.67 bits per heavy atom. The van der Waals surface area contributed by atoms with E-state index in [1.165, 1.54) is 0 Å². The summed E-state index contributed by atoms with van der Waals surface area (Å²) in [5.74, 6) is 0.0642. The molecule has 1 aliphatic heterocycles. The molecular weight excluding hydrogens is 226 g/mol. The second-order valence-electron chi connectivity index (χ2n) is 4.64. The van der Waals surface area contributed by atoms with Crippen LogP contribution in [0.5, 0.6) is 0 Å². The molecule has 0 N–H and O–H groups in total. The molecule has 0 aliphatic carbocycles. The third-order valence-corrected chi connectivity index (χ3v) is 3.61. The minimum absolute atomic E-state index is 0.0625. The van der Waals surface area contributed by atoms with Gasteiger partial charge < -0.3 is 9.64 Å². The SMILES string of the molecule is C=C[C@@H]1[C@@H]([C@@H](C)OC)C(=O)N1Cc1ccccc1. The zero-order valence-electron chi connectivity index (χ0n) is 10.9. The van der Waals surface area contributed by atoms with E-state index >= 15 is 0 Å². The highest BCUT2D eigenvalue weighted by molar-refractivity contribution is 5.87. The minimum atomic E-state index is -0.0868. The van der Waals surface area contributed by atoms with Crippen LogP contribution in [0.1, 0.15) is 12.5 Å². The molecule has 96 valence electrons. The Labute approximate surface area is 108 Å². The summed E-state index contributed by atoms with van der Waals surface area (Å²) in [5.41, 5.74) is 1.14. The topological polar surface area (TPSA) is 29.5 Å². The number of carbonyl (C=O) groups excluding carboxylic acids is 1. The highest BCUT2D eigenvalue weighted by Crippen LogP contribution is 2.32. The minimum Gasteiger partial charge on any atom is -0.381 e. The van der Waals surface area contributed by atoms with Crippen LogP contribution in [0.15, 0.2) is 43.0 Å². The summed E-state index contributed by atoms with van der Waals surface area (Å²) in [6.45, 7) is 6.40. The maximum atomic E-state index is 12.1. The Kier molecular flexibility index (Phi) is 3.82. The van der Waals surface area contributed by atoms with Crippen LogP contribution in [0.3, 0.4) is 0 Å². The molecule has 0 bridgehead atoms. The average Bonchev–Trinajstić information content (AvgIpc) is 2.42. The molecule has 18 heavy (non-hydrogen) atoms. The molecule has 0 saturated carbocycles. The summed E-state index contributed by atoms with van der Waals surface area (Å²) in [5, 5.41) is 0. The first-order valence-corrected chi connectivity index (χ1v) is 6.18. The van der Waals surface area contributed by atoms with Gasteiger partial charge in [-0.25, -0.2) is 0 Å². The Balaban J connectivity index is 2.07. The van der Waals surface area contributed by atoms with E-state index in [0.717, 1.165) is 5.56 Å². The van der Waals surface area contributed by atoms with E-state index in [0.29, 0.717) is 6.54 Å². The van der Waals surface area contributed by atoms with Gasteiger partial charge >= 0.3 is 0 Å². The summed E-state index contributed by atoms with van der Waals surface area (Å²) in [7, 11) is 1.64. The van der Waals surface area contributed by atoms with Crippen molar-refractivity contribution < 1.29 is 9.53 Å². The molecule has 1 fully saturated rings. The van der Waals surface area contributed by atoms with Crippen molar-refractivity contribution in [2.24, 2.45) is 5.92 Å². The Morgan fingerprint density at radius 2 is 2.11 bits per heavy atom. The summed E-state index contributed by atoms with van der Waals surface area (Å²) in [4.78, 5) is 14.0. The lowest BCUT2D eigenvalue weighted by molar-refractivity contribution is -0.162. The summed E-state index contributed by atoms with van der Waals surface area (Å²) in [6.07, 6.45) is 1.78. The number of amides is 1. The lowest BCUT2D eigenvalue weighted by atomic mass is 9.83. The first-order valence-electron chi connectivity index (χ1n) is 6.18. The molecule has 1 aromatic carbocycles. The number of ether oxygens (including phenoxy) is 1. The van der Waals surface area contributed by atoms with Crippen LogP contribution in [0.25, 0.3) is 0 Å². The fourth-order valence-corrected chi connectivity index (χ4v) is 2.46. The fraction of sp³-hybridized carbons (Fsp3) is 0.400. The monoisotopic (exact) mass is 245 g/mol. The van der Waals surface area contributed by atoms with E-state index in [1.807, 2.05) is 48.2 Å². The Morgan fingerprint density at radius 1 is 1.44 bits per heavy atom. The predicted molar refractivity (Wildman–Crippen MR) is 70.9 cm³/mol. The van der Waals surface area contributed by atoms with E-state index in [2.05, 4.69) is 6.58 Å². The predicted octanol–water partition coefficient (Wildman–Crippen LogP) is 2.23. The molecule has 0 aromatic heterocycles. The van der Waals surface area contributed by atoms with E-state index in [9.17, 15) is 4.79 Å². The molecule has 2 rings (SSSR count). The second-order valence-corrected chi connectivity index (χ2v) is 4.64. The van der Waals surface area contributed by atoms with Gasteiger partial charge in [0, 0.05) is 13.7 Å². The number of rotatable bonds is 5. The number of hydrogen-bond acceptors (Lipinski definition) is 2. The van der Waals surface area contributed by atoms with Crippen molar-refractivity contribution in [2.45, 2.75) is 25.6 Å². The van der Waals surface area contributed by atoms with Gasteiger partial charge in [-0.15, -0.1) is 6.58 Å². The van der Waals surface area contributed by atoms with Gasteiger partial charge in [-0.2, -0.15) is 0 Å². The van der Waals surface area contributed by atoms with Crippen molar-refractivity contribution in [3.05, 3.63) is 48.6 Å². The first-order chi connectivity index (χ1) is 8.69. The number of benzene rings is 1. The molecule has 0 unspecified atom stereocenters. The molecule has 3 atom stereocenters. The van der Waals surface area contributed by atoms with E-state index in [4.69, 9.17) is 4.74 Å². The van der Waals surface area contributed by atoms with E-state index in [-0.39, 0.29) is 24.0 Å². The molecule has 1 aromatic rings. The average molecular weight is 245 g/mol. The Bertz CT molecular complexity index is 429. The second kappa shape index (κ2) is 5.36. The van der Waals surface area contributed by atoms with Gasteiger partial charge in [-0.3, -0.25) is 4.79 Å². The molecule has 1 heterocycles. The van der Waals surface area contributed by atoms with Gasteiger partial charge in [0.1, 0.15) is 0 Å². The molecular formula is C15H19NO2. The Hall–Kier alpha value is -1.61. The van der Waals surface area contributed by atoms with Gasteiger partial charge in [0.05, 0.1) is 18.1 Å². The lowest BCUT2D eigenvalue weighted by Gasteiger charge is -2.47. The molecule has 3 heteroatoms. The molecule has 1 saturated heterocycles. The number of β-lactam (4-membered cyclic amide) rings is 1. The van der Waals surface area contributed by atoms with E-state index in [1.54, 1.807) is 7.11 Å². The zero-order chi connectivity index (χ0) is 13.1. The summed E-state index contributed by atoms with van der Waals surface area (Å²) < 4.78 is 5.26. The van der Waals surface area contributed by atoms with E-state index < -0.39 is 0 Å². The van der Waals surface area contributed by atoms with Crippen LogP contribution in [-0.4, -0.2) is 30.1 Å². The highest BCUT2D eigenvalue weighted by atomic mass is 16.5. The first kappa shape index (κ1) is 12.8. The normalized spacial score (nSPS) is 24.6. The van der Waals surface area contributed by atoms with Gasteiger partial charge in [0.2, 0.25) is 5.91 Å². The standard InChI is InChI=1S/C15H19NO2/c1-4-13-14(11(2)18-3)15(17)16(13)10-12-8-6-5-7-9-12/h4-9,11,13-14H,1,10H2,2-3H3/t11-,13-,14-/m1/s1. The van der Waals surface area contributed by atoms with Crippen LogP contribution in [0.4, 0.5) is 0 Å². The van der Waals surface area contributed by atoms with Crippen molar-refractivity contribution in [1.29, 1.82) is 0 Å². The quantitative estimate of drug-likeness (QED) is 0.588. The third kappa shape index (κ3) is 2.18. The smallest absolute Gasteiger partial charge is 0.231 e. The number of nitrogens with zero attached hydrogens (tertiary/aromatic N) is 1. The molecule has 0 spiro atoms. The van der Waals surface area contributed by atoms with Crippen molar-refractivity contribution in [3.63, 3.8) is 0 Å². The summed E-state index contributed by atoms with van der Waals surface area (Å²) >= 11 is 0. The number of hydrogen-bond donors (Lipinski definition) is 0. The van der Waals surface area contributed by atoms with Crippen molar-refractivity contribution >= 4 is 5.91 Å².